The van der Waals surface area contributed by atoms with Crippen molar-refractivity contribution in [3.05, 3.63) is 24.3 Å². The molecule has 108 valence electrons. The van der Waals surface area contributed by atoms with E-state index in [1.165, 1.54) is 18.4 Å². The molecule has 1 aromatic carbocycles. The molecule has 0 amide bonds. The normalized spacial score (nSPS) is 11.9. The van der Waals surface area contributed by atoms with Crippen LogP contribution in [0.25, 0.3) is 10.9 Å². The summed E-state index contributed by atoms with van der Waals surface area (Å²) < 4.78 is 24.6. The molecule has 1 heterocycles. The molecule has 3 N–H and O–H groups in total. The van der Waals surface area contributed by atoms with Gasteiger partial charge in [-0.3, -0.25) is 0 Å². The van der Waals surface area contributed by atoms with Crippen molar-refractivity contribution in [2.24, 2.45) is 0 Å². The third-order valence-electron chi connectivity index (χ3n) is 2.83. The van der Waals surface area contributed by atoms with E-state index in [4.69, 9.17) is 5.73 Å². The second kappa shape index (κ2) is 5.59. The van der Waals surface area contributed by atoms with Crippen LogP contribution in [-0.4, -0.2) is 49.1 Å². The van der Waals surface area contributed by atoms with E-state index in [9.17, 15) is 8.42 Å². The topological polar surface area (TPSA) is 101 Å². The molecule has 0 radical (unpaired) electrons. The smallest absolute Gasteiger partial charge is 0.222 e. The average molecular weight is 295 g/mol. The van der Waals surface area contributed by atoms with Gasteiger partial charge in [0.25, 0.3) is 0 Å². The summed E-state index contributed by atoms with van der Waals surface area (Å²) in [5, 5.41) is 3.81. The minimum Gasteiger partial charge on any atom is -0.368 e. The van der Waals surface area contributed by atoms with Gasteiger partial charge in [0.2, 0.25) is 16.0 Å². The lowest BCUT2D eigenvalue weighted by Crippen LogP contribution is -2.28. The van der Waals surface area contributed by atoms with Crippen molar-refractivity contribution in [2.45, 2.75) is 0 Å². The van der Waals surface area contributed by atoms with E-state index in [0.29, 0.717) is 5.82 Å². The summed E-state index contributed by atoms with van der Waals surface area (Å²) in [5.41, 5.74) is 6.36. The molecule has 0 saturated carbocycles. The van der Waals surface area contributed by atoms with Gasteiger partial charge in [-0.15, -0.1) is 0 Å². The van der Waals surface area contributed by atoms with Gasteiger partial charge in [-0.25, -0.2) is 17.7 Å². The Morgan fingerprint density at radius 3 is 2.65 bits per heavy atom. The van der Waals surface area contributed by atoms with Crippen LogP contribution in [0, 0.1) is 0 Å². The van der Waals surface area contributed by atoms with Crippen molar-refractivity contribution < 1.29 is 8.42 Å². The molecule has 0 spiro atoms. The van der Waals surface area contributed by atoms with E-state index < -0.39 is 10.0 Å². The molecular weight excluding hydrogens is 278 g/mol. The highest BCUT2D eigenvalue weighted by Crippen LogP contribution is 2.20. The summed E-state index contributed by atoms with van der Waals surface area (Å²) >= 11 is 0. The lowest BCUT2D eigenvalue weighted by atomic mass is 10.2. The Labute approximate surface area is 117 Å². The number of nitrogens with two attached hydrogens (primary N) is 1. The first-order chi connectivity index (χ1) is 9.40. The predicted molar refractivity (Wildman–Crippen MR) is 79.9 cm³/mol. The van der Waals surface area contributed by atoms with Gasteiger partial charge in [0.05, 0.1) is 11.3 Å². The summed E-state index contributed by atoms with van der Waals surface area (Å²) in [6.07, 6.45) is 0. The predicted octanol–water partition coefficient (Wildman–Crippen LogP) is 0.515. The largest absolute Gasteiger partial charge is 0.368 e. The molecule has 0 atom stereocenters. The molecule has 0 bridgehead atoms. The van der Waals surface area contributed by atoms with Crippen LogP contribution in [0.3, 0.4) is 0 Å². The third kappa shape index (κ3) is 3.14. The van der Waals surface area contributed by atoms with Gasteiger partial charge in [0.15, 0.2) is 0 Å². The number of aromatic nitrogens is 2. The standard InChI is InChI=1S/C12H17N5O2S/c1-17(2)20(18,19)8-7-14-11-9-5-3-4-6-10(9)15-12(13)16-11/h3-6H,7-8H2,1-2H3,(H3,13,14,15,16). The van der Waals surface area contributed by atoms with Gasteiger partial charge in [0.1, 0.15) is 5.82 Å². The van der Waals surface area contributed by atoms with Gasteiger partial charge in [-0.1, -0.05) is 12.1 Å². The maximum Gasteiger partial charge on any atom is 0.222 e. The van der Waals surface area contributed by atoms with E-state index in [0.717, 1.165) is 10.9 Å². The Kier molecular flexibility index (Phi) is 4.05. The average Bonchev–Trinajstić information content (AvgIpc) is 2.38. The summed E-state index contributed by atoms with van der Waals surface area (Å²) in [4.78, 5) is 8.23. The first-order valence-corrected chi connectivity index (χ1v) is 7.67. The number of hydrogen-bond donors (Lipinski definition) is 2. The molecule has 0 aliphatic heterocycles. The number of nitrogens with zero attached hydrogens (tertiary/aromatic N) is 3. The summed E-state index contributed by atoms with van der Waals surface area (Å²) in [6, 6.07) is 7.41. The van der Waals surface area contributed by atoms with Crippen molar-refractivity contribution in [3.63, 3.8) is 0 Å². The Bertz CT molecular complexity index is 715. The maximum atomic E-state index is 11.7. The number of nitrogen functional groups attached to an aromatic ring is 1. The fourth-order valence-electron chi connectivity index (χ4n) is 1.71. The van der Waals surface area contributed by atoms with Gasteiger partial charge in [-0.05, 0) is 12.1 Å². The zero-order valence-electron chi connectivity index (χ0n) is 11.4. The van der Waals surface area contributed by atoms with E-state index in [1.54, 1.807) is 0 Å². The third-order valence-corrected chi connectivity index (χ3v) is 4.66. The number of sulfonamides is 1. The van der Waals surface area contributed by atoms with Crippen molar-refractivity contribution in [1.29, 1.82) is 0 Å². The molecule has 0 saturated heterocycles. The van der Waals surface area contributed by atoms with Gasteiger partial charge in [-0.2, -0.15) is 4.98 Å². The number of anilines is 2. The lowest BCUT2D eigenvalue weighted by Gasteiger charge is -2.13. The highest BCUT2D eigenvalue weighted by molar-refractivity contribution is 7.89. The zero-order valence-corrected chi connectivity index (χ0v) is 12.2. The molecule has 8 heteroatoms. The van der Waals surface area contributed by atoms with Crippen molar-refractivity contribution in [3.8, 4) is 0 Å². The quantitative estimate of drug-likeness (QED) is 0.833. The zero-order chi connectivity index (χ0) is 14.8. The van der Waals surface area contributed by atoms with E-state index in [-0.39, 0.29) is 18.2 Å². The monoisotopic (exact) mass is 295 g/mol. The minimum absolute atomic E-state index is 0.0156. The fourth-order valence-corrected chi connectivity index (χ4v) is 2.44. The first kappa shape index (κ1) is 14.5. The van der Waals surface area contributed by atoms with Crippen LogP contribution in [0.15, 0.2) is 24.3 Å². The lowest BCUT2D eigenvalue weighted by molar-refractivity contribution is 0.521. The van der Waals surface area contributed by atoms with Crippen LogP contribution in [0.4, 0.5) is 11.8 Å². The highest BCUT2D eigenvalue weighted by atomic mass is 32.2. The van der Waals surface area contributed by atoms with Gasteiger partial charge in [0, 0.05) is 26.0 Å². The Balaban J connectivity index is 2.18. The molecule has 1 aromatic heterocycles. The second-order valence-corrected chi connectivity index (χ2v) is 6.78. The van der Waals surface area contributed by atoms with Crippen molar-refractivity contribution in [1.82, 2.24) is 14.3 Å². The van der Waals surface area contributed by atoms with Crippen molar-refractivity contribution >= 4 is 32.7 Å². The molecule has 0 unspecified atom stereocenters. The Morgan fingerprint density at radius 1 is 1.25 bits per heavy atom. The SMILES string of the molecule is CN(C)S(=O)(=O)CCNc1nc(N)nc2ccccc12. The fraction of sp³-hybridized carbons (Fsp3) is 0.333. The summed E-state index contributed by atoms with van der Waals surface area (Å²) in [7, 11) is -0.221. The molecule has 0 aliphatic rings. The maximum absolute atomic E-state index is 11.7. The minimum atomic E-state index is -3.24. The Morgan fingerprint density at radius 2 is 1.95 bits per heavy atom. The van der Waals surface area contributed by atoms with Crippen LogP contribution in [0.2, 0.25) is 0 Å². The summed E-state index contributed by atoms with van der Waals surface area (Å²) in [5.74, 6) is 0.682. The van der Waals surface area contributed by atoms with Gasteiger partial charge < -0.3 is 11.1 Å². The number of nitrogens with one attached hydrogen (secondary N) is 1. The van der Waals surface area contributed by atoms with Gasteiger partial charge >= 0.3 is 0 Å². The number of para-hydroxylation sites is 1. The molecule has 0 fully saturated rings. The number of rotatable bonds is 5. The van der Waals surface area contributed by atoms with E-state index >= 15 is 0 Å². The summed E-state index contributed by atoms with van der Waals surface area (Å²) in [6.45, 7) is 0.251. The molecule has 2 rings (SSSR count). The molecule has 0 aliphatic carbocycles. The second-order valence-electron chi connectivity index (χ2n) is 4.47. The van der Waals surface area contributed by atoms with Crippen LogP contribution < -0.4 is 11.1 Å². The number of hydrogen-bond acceptors (Lipinski definition) is 6. The van der Waals surface area contributed by atoms with Crippen LogP contribution in [0.1, 0.15) is 0 Å². The number of benzene rings is 1. The first-order valence-electron chi connectivity index (χ1n) is 6.06. The van der Waals surface area contributed by atoms with Crippen LogP contribution in [-0.2, 0) is 10.0 Å². The number of fused-ring (bicyclic) bond motifs is 1. The molecule has 2 aromatic rings. The van der Waals surface area contributed by atoms with E-state index in [2.05, 4.69) is 15.3 Å². The van der Waals surface area contributed by atoms with E-state index in [1.807, 2.05) is 24.3 Å². The highest BCUT2D eigenvalue weighted by Gasteiger charge is 2.13. The molecular formula is C12H17N5O2S. The Hall–Kier alpha value is -1.93. The van der Waals surface area contributed by atoms with Crippen LogP contribution >= 0.6 is 0 Å². The van der Waals surface area contributed by atoms with Crippen molar-refractivity contribution in [2.75, 3.05) is 37.4 Å². The molecule has 20 heavy (non-hydrogen) atoms. The van der Waals surface area contributed by atoms with Crippen LogP contribution in [0.5, 0.6) is 0 Å². The molecule has 7 nitrogen and oxygen atoms in total.